The molecule has 0 amide bonds. The summed E-state index contributed by atoms with van der Waals surface area (Å²) in [6, 6.07) is 7.92. The molecule has 2 rings (SSSR count). The van der Waals surface area contributed by atoms with Crippen molar-refractivity contribution in [3.8, 4) is 5.75 Å². The Kier molecular flexibility index (Phi) is 4.76. The van der Waals surface area contributed by atoms with Crippen LogP contribution in [0.1, 0.15) is 18.4 Å². The van der Waals surface area contributed by atoms with Gasteiger partial charge in [-0.1, -0.05) is 31.8 Å². The van der Waals surface area contributed by atoms with E-state index < -0.39 is 23.8 Å². The van der Waals surface area contributed by atoms with Crippen LogP contribution < -0.4 is 4.74 Å². The maximum Gasteiger partial charge on any atom is 0.264 e. The molecule has 6 heteroatoms. The maximum atomic E-state index is 11.6. The number of aryl methyl sites for hydroxylation is 1. The van der Waals surface area contributed by atoms with Crippen LogP contribution in [0.3, 0.4) is 0 Å². The Labute approximate surface area is 135 Å². The Morgan fingerprint density at radius 2 is 1.82 bits per heavy atom. The second-order valence-corrected chi connectivity index (χ2v) is 14.3. The fourth-order valence-electron chi connectivity index (χ4n) is 3.24. The molecule has 0 heterocycles. The average molecular weight is 343 g/mol. The fraction of sp³-hybridized carbons (Fsp3) is 0.625. The van der Waals surface area contributed by atoms with Crippen LogP contribution in [0.5, 0.6) is 5.75 Å². The third kappa shape index (κ3) is 4.33. The molecule has 2 unspecified atom stereocenters. The lowest BCUT2D eigenvalue weighted by Gasteiger charge is -2.23. The van der Waals surface area contributed by atoms with Crippen LogP contribution in [0.2, 0.25) is 25.2 Å². The molecule has 0 radical (unpaired) electrons. The highest BCUT2D eigenvalue weighted by atomic mass is 32.2. The minimum atomic E-state index is -3.43. The van der Waals surface area contributed by atoms with Gasteiger partial charge in [0.15, 0.2) is 0 Å². The van der Waals surface area contributed by atoms with Crippen molar-refractivity contribution in [1.29, 1.82) is 0 Å². The predicted molar refractivity (Wildman–Crippen MR) is 91.7 cm³/mol. The highest BCUT2D eigenvalue weighted by Crippen LogP contribution is 2.60. The van der Waals surface area contributed by atoms with Gasteiger partial charge in [-0.3, -0.25) is 4.18 Å². The molecule has 4 nitrogen and oxygen atoms in total. The van der Waals surface area contributed by atoms with E-state index in [9.17, 15) is 8.42 Å². The monoisotopic (exact) mass is 342 g/mol. The SMILES string of the molecule is COc1ccc(CCC2(OS(C)(=O)=O)CC2[Si](C)(C)C)cc1. The molecule has 0 aromatic heterocycles. The standard InChI is InChI=1S/C16H26O4SSi/c1-19-14-8-6-13(7-9-14)10-11-16(20-21(2,17)18)12-15(16)22(3,4)5/h6-9,15H,10-12H2,1-5H3. The molecule has 1 aromatic rings. The van der Waals surface area contributed by atoms with E-state index in [-0.39, 0.29) is 0 Å². The summed E-state index contributed by atoms with van der Waals surface area (Å²) >= 11 is 0. The Bertz CT molecular complexity index is 619. The van der Waals surface area contributed by atoms with E-state index in [1.165, 1.54) is 5.56 Å². The van der Waals surface area contributed by atoms with Gasteiger partial charge in [0, 0.05) is 0 Å². The van der Waals surface area contributed by atoms with Crippen molar-refractivity contribution in [3.05, 3.63) is 29.8 Å². The number of ether oxygens (including phenoxy) is 1. The molecule has 0 aliphatic heterocycles. The molecule has 1 fully saturated rings. The third-order valence-electron chi connectivity index (χ3n) is 4.38. The zero-order valence-electron chi connectivity index (χ0n) is 14.0. The first kappa shape index (κ1) is 17.5. The van der Waals surface area contributed by atoms with Crippen molar-refractivity contribution in [2.45, 2.75) is 50.0 Å². The van der Waals surface area contributed by atoms with Crippen LogP contribution in [0.25, 0.3) is 0 Å². The zero-order chi connectivity index (χ0) is 16.6. The molecule has 0 N–H and O–H groups in total. The van der Waals surface area contributed by atoms with Gasteiger partial charge in [-0.25, -0.2) is 0 Å². The molecule has 1 aliphatic carbocycles. The van der Waals surface area contributed by atoms with Gasteiger partial charge in [0.1, 0.15) is 5.75 Å². The van der Waals surface area contributed by atoms with Gasteiger partial charge >= 0.3 is 0 Å². The van der Waals surface area contributed by atoms with E-state index in [1.807, 2.05) is 24.3 Å². The Hall–Kier alpha value is -0.853. The van der Waals surface area contributed by atoms with E-state index in [2.05, 4.69) is 19.6 Å². The second-order valence-electron chi connectivity index (χ2n) is 7.32. The van der Waals surface area contributed by atoms with Gasteiger partial charge in [0.05, 0.1) is 27.0 Å². The Balaban J connectivity index is 2.08. The van der Waals surface area contributed by atoms with E-state index in [1.54, 1.807) is 7.11 Å². The lowest BCUT2D eigenvalue weighted by Crippen LogP contribution is -2.30. The van der Waals surface area contributed by atoms with Crippen LogP contribution >= 0.6 is 0 Å². The molecular formula is C16H26O4SSi. The summed E-state index contributed by atoms with van der Waals surface area (Å²) in [5.41, 5.74) is 1.12. The van der Waals surface area contributed by atoms with Crippen molar-refractivity contribution in [2.75, 3.05) is 13.4 Å². The topological polar surface area (TPSA) is 52.6 Å². The van der Waals surface area contributed by atoms with E-state index in [0.29, 0.717) is 5.54 Å². The molecule has 124 valence electrons. The zero-order valence-corrected chi connectivity index (χ0v) is 15.9. The molecule has 0 spiro atoms. The van der Waals surface area contributed by atoms with E-state index in [0.717, 1.165) is 31.3 Å². The van der Waals surface area contributed by atoms with E-state index in [4.69, 9.17) is 8.92 Å². The largest absolute Gasteiger partial charge is 0.497 e. The summed E-state index contributed by atoms with van der Waals surface area (Å²) in [5.74, 6) is 0.831. The average Bonchev–Trinajstić information content (AvgIpc) is 3.10. The number of hydrogen-bond donors (Lipinski definition) is 0. The van der Waals surface area contributed by atoms with Crippen molar-refractivity contribution in [1.82, 2.24) is 0 Å². The molecule has 1 aromatic carbocycles. The number of benzene rings is 1. The number of hydrogen-bond acceptors (Lipinski definition) is 4. The first-order valence-electron chi connectivity index (χ1n) is 7.59. The lowest BCUT2D eigenvalue weighted by molar-refractivity contribution is 0.178. The van der Waals surface area contributed by atoms with Crippen LogP contribution in [0, 0.1) is 0 Å². The predicted octanol–water partition coefficient (Wildman–Crippen LogP) is 3.45. The molecule has 0 saturated heterocycles. The normalized spacial score (nSPS) is 25.0. The summed E-state index contributed by atoms with van der Waals surface area (Å²) in [7, 11) is -3.20. The first-order chi connectivity index (χ1) is 10.1. The number of methoxy groups -OCH3 is 1. The summed E-state index contributed by atoms with van der Waals surface area (Å²) in [6.07, 6.45) is 3.59. The van der Waals surface area contributed by atoms with Gasteiger partial charge in [-0.15, -0.1) is 0 Å². The molecule has 2 atom stereocenters. The smallest absolute Gasteiger partial charge is 0.264 e. The third-order valence-corrected chi connectivity index (χ3v) is 7.84. The van der Waals surface area contributed by atoms with Gasteiger partial charge in [0.2, 0.25) is 0 Å². The van der Waals surface area contributed by atoms with Gasteiger partial charge in [-0.2, -0.15) is 8.42 Å². The lowest BCUT2D eigenvalue weighted by atomic mass is 10.1. The van der Waals surface area contributed by atoms with Crippen molar-refractivity contribution >= 4 is 18.2 Å². The molecule has 1 saturated carbocycles. The van der Waals surface area contributed by atoms with Crippen molar-refractivity contribution < 1.29 is 17.3 Å². The van der Waals surface area contributed by atoms with Crippen LogP contribution in [0.4, 0.5) is 0 Å². The molecule has 1 aliphatic rings. The summed E-state index contributed by atoms with van der Waals surface area (Å²) in [6.45, 7) is 6.83. The maximum absolute atomic E-state index is 11.6. The second kappa shape index (κ2) is 5.98. The Morgan fingerprint density at radius 3 is 2.23 bits per heavy atom. The minimum Gasteiger partial charge on any atom is -0.497 e. The van der Waals surface area contributed by atoms with Gasteiger partial charge in [0.25, 0.3) is 10.1 Å². The minimum absolute atomic E-state index is 0.410. The number of rotatable bonds is 7. The van der Waals surface area contributed by atoms with Crippen LogP contribution in [-0.2, 0) is 20.7 Å². The fourth-order valence-corrected chi connectivity index (χ4v) is 6.94. The highest BCUT2D eigenvalue weighted by molar-refractivity contribution is 7.86. The van der Waals surface area contributed by atoms with Crippen molar-refractivity contribution in [3.63, 3.8) is 0 Å². The van der Waals surface area contributed by atoms with Gasteiger partial charge < -0.3 is 4.74 Å². The summed E-state index contributed by atoms with van der Waals surface area (Å²) in [4.78, 5) is 0. The summed E-state index contributed by atoms with van der Waals surface area (Å²) < 4.78 is 33.9. The summed E-state index contributed by atoms with van der Waals surface area (Å²) in [5, 5.41) is 0. The van der Waals surface area contributed by atoms with Crippen LogP contribution in [-0.4, -0.2) is 35.5 Å². The quantitative estimate of drug-likeness (QED) is 0.562. The molecular weight excluding hydrogens is 316 g/mol. The Morgan fingerprint density at radius 1 is 1.23 bits per heavy atom. The first-order valence-corrected chi connectivity index (χ1v) is 13.0. The van der Waals surface area contributed by atoms with Crippen LogP contribution in [0.15, 0.2) is 24.3 Å². The highest BCUT2D eigenvalue weighted by Gasteiger charge is 2.62. The van der Waals surface area contributed by atoms with E-state index >= 15 is 0 Å². The molecule has 0 bridgehead atoms. The molecule has 22 heavy (non-hydrogen) atoms. The van der Waals surface area contributed by atoms with Crippen molar-refractivity contribution in [2.24, 2.45) is 0 Å². The van der Waals surface area contributed by atoms with Gasteiger partial charge in [-0.05, 0) is 42.5 Å².